The van der Waals surface area contributed by atoms with E-state index in [4.69, 9.17) is 4.74 Å². The molecule has 1 aromatic rings. The number of hydrogen-bond donors (Lipinski definition) is 0. The van der Waals surface area contributed by atoms with Gasteiger partial charge in [0, 0.05) is 18.4 Å². The molecule has 0 amide bonds. The standard InChI is InChI=1S/C22H30O/c1-16(2)11-19-13-20-18(12-17-9-7-6-8-10-17)14-21(19,3)15-22(20,4)23-5/h6-10,13-14,16,20H,11-12,15H2,1-5H3/t20-,21+,22-/m1/s1. The molecule has 0 aromatic heterocycles. The number of benzene rings is 1. The summed E-state index contributed by atoms with van der Waals surface area (Å²) in [5.74, 6) is 1.11. The van der Waals surface area contributed by atoms with Gasteiger partial charge < -0.3 is 4.74 Å². The zero-order valence-corrected chi connectivity index (χ0v) is 15.2. The fourth-order valence-electron chi connectivity index (χ4n) is 4.60. The number of fused-ring (bicyclic) bond motifs is 1. The van der Waals surface area contributed by atoms with E-state index in [0.717, 1.165) is 12.8 Å². The summed E-state index contributed by atoms with van der Waals surface area (Å²) in [7, 11) is 1.88. The van der Waals surface area contributed by atoms with Crippen molar-refractivity contribution in [2.24, 2.45) is 17.3 Å². The third kappa shape index (κ3) is 3.04. The molecular formula is C22H30O. The third-order valence-corrected chi connectivity index (χ3v) is 5.73. The molecule has 1 aromatic carbocycles. The van der Waals surface area contributed by atoms with Crippen LogP contribution in [0.3, 0.4) is 0 Å². The van der Waals surface area contributed by atoms with Crippen LogP contribution in [0.5, 0.6) is 0 Å². The molecular weight excluding hydrogens is 280 g/mol. The number of methoxy groups -OCH3 is 1. The van der Waals surface area contributed by atoms with Gasteiger partial charge in [-0.3, -0.25) is 0 Å². The monoisotopic (exact) mass is 310 g/mol. The van der Waals surface area contributed by atoms with Crippen LogP contribution in [0.25, 0.3) is 0 Å². The van der Waals surface area contributed by atoms with Gasteiger partial charge >= 0.3 is 0 Å². The largest absolute Gasteiger partial charge is 0.378 e. The number of allylic oxidation sites excluding steroid dienone is 2. The highest BCUT2D eigenvalue weighted by molar-refractivity contribution is 5.43. The molecule has 0 unspecified atom stereocenters. The molecule has 23 heavy (non-hydrogen) atoms. The summed E-state index contributed by atoms with van der Waals surface area (Å²) >= 11 is 0. The van der Waals surface area contributed by atoms with Gasteiger partial charge in [0.1, 0.15) is 0 Å². The Hall–Kier alpha value is -1.34. The minimum atomic E-state index is -0.0753. The van der Waals surface area contributed by atoms with E-state index in [1.165, 1.54) is 17.6 Å². The van der Waals surface area contributed by atoms with Crippen LogP contribution in [-0.4, -0.2) is 12.7 Å². The SMILES string of the molecule is CO[C@]1(C)C[C@]2(C)C=C(Cc3ccccc3)[C@H]1C=C2CC(C)C. The van der Waals surface area contributed by atoms with E-state index in [1.54, 1.807) is 5.57 Å². The van der Waals surface area contributed by atoms with Crippen molar-refractivity contribution in [3.63, 3.8) is 0 Å². The quantitative estimate of drug-likeness (QED) is 0.646. The molecule has 1 heteroatoms. The van der Waals surface area contributed by atoms with Crippen LogP contribution in [0.15, 0.2) is 53.6 Å². The molecule has 0 radical (unpaired) electrons. The van der Waals surface area contributed by atoms with Gasteiger partial charge in [-0.15, -0.1) is 0 Å². The van der Waals surface area contributed by atoms with Gasteiger partial charge in [-0.25, -0.2) is 0 Å². The summed E-state index contributed by atoms with van der Waals surface area (Å²) in [6, 6.07) is 10.8. The average molecular weight is 310 g/mol. The van der Waals surface area contributed by atoms with Crippen molar-refractivity contribution in [1.82, 2.24) is 0 Å². The maximum atomic E-state index is 6.01. The zero-order valence-electron chi connectivity index (χ0n) is 15.2. The second kappa shape index (κ2) is 5.94. The highest BCUT2D eigenvalue weighted by Gasteiger charge is 2.50. The van der Waals surface area contributed by atoms with Crippen molar-refractivity contribution in [2.75, 3.05) is 7.11 Å². The van der Waals surface area contributed by atoms with Crippen LogP contribution < -0.4 is 0 Å². The molecule has 3 aliphatic rings. The molecule has 0 saturated heterocycles. The fraction of sp³-hybridized carbons (Fsp3) is 0.545. The lowest BCUT2D eigenvalue weighted by atomic mass is 9.55. The molecule has 124 valence electrons. The Kier molecular flexibility index (Phi) is 4.27. The second-order valence-corrected chi connectivity index (χ2v) is 8.26. The van der Waals surface area contributed by atoms with E-state index in [1.807, 2.05) is 7.11 Å². The van der Waals surface area contributed by atoms with Gasteiger partial charge in [0.05, 0.1) is 5.60 Å². The third-order valence-electron chi connectivity index (χ3n) is 5.73. The molecule has 0 fully saturated rings. The van der Waals surface area contributed by atoms with Crippen molar-refractivity contribution in [2.45, 2.75) is 52.6 Å². The highest BCUT2D eigenvalue weighted by Crippen LogP contribution is 2.56. The first-order valence-electron chi connectivity index (χ1n) is 8.88. The summed E-state index contributed by atoms with van der Waals surface area (Å²) in [5, 5.41) is 0. The first kappa shape index (κ1) is 16.5. The maximum absolute atomic E-state index is 6.01. The van der Waals surface area contributed by atoms with E-state index in [2.05, 4.69) is 70.2 Å². The van der Waals surface area contributed by atoms with E-state index in [9.17, 15) is 0 Å². The van der Waals surface area contributed by atoms with Crippen LogP contribution in [0, 0.1) is 17.3 Å². The maximum Gasteiger partial charge on any atom is 0.0761 e. The molecule has 4 rings (SSSR count). The molecule has 0 heterocycles. The van der Waals surface area contributed by atoms with Crippen molar-refractivity contribution >= 4 is 0 Å². The minimum absolute atomic E-state index is 0.0753. The van der Waals surface area contributed by atoms with E-state index < -0.39 is 0 Å². The number of ether oxygens (including phenoxy) is 1. The summed E-state index contributed by atoms with van der Waals surface area (Å²) in [6.07, 6.45) is 8.42. The highest BCUT2D eigenvalue weighted by atomic mass is 16.5. The molecule has 0 saturated carbocycles. The van der Waals surface area contributed by atoms with Gasteiger partial charge in [0.15, 0.2) is 0 Å². The molecule has 2 bridgehead atoms. The minimum Gasteiger partial charge on any atom is -0.378 e. The average Bonchev–Trinajstić information content (AvgIpc) is 2.49. The topological polar surface area (TPSA) is 9.23 Å². The Bertz CT molecular complexity index is 625. The van der Waals surface area contributed by atoms with Crippen molar-refractivity contribution in [1.29, 1.82) is 0 Å². The molecule has 3 atom stereocenters. The molecule has 0 N–H and O–H groups in total. The van der Waals surface area contributed by atoms with Crippen molar-refractivity contribution in [3.05, 3.63) is 59.2 Å². The van der Waals surface area contributed by atoms with Crippen molar-refractivity contribution in [3.8, 4) is 0 Å². The van der Waals surface area contributed by atoms with Crippen LogP contribution in [-0.2, 0) is 11.2 Å². The van der Waals surface area contributed by atoms with E-state index >= 15 is 0 Å². The Morgan fingerprint density at radius 2 is 1.87 bits per heavy atom. The second-order valence-electron chi connectivity index (χ2n) is 8.26. The number of rotatable bonds is 5. The first-order chi connectivity index (χ1) is 10.9. The zero-order chi connectivity index (χ0) is 16.7. The summed E-state index contributed by atoms with van der Waals surface area (Å²) in [6.45, 7) is 9.32. The van der Waals surface area contributed by atoms with Crippen LogP contribution >= 0.6 is 0 Å². The lowest BCUT2D eigenvalue weighted by Gasteiger charge is -2.53. The molecule has 3 aliphatic carbocycles. The van der Waals surface area contributed by atoms with Crippen LogP contribution in [0.2, 0.25) is 0 Å². The summed E-state index contributed by atoms with van der Waals surface area (Å²) < 4.78 is 6.01. The van der Waals surface area contributed by atoms with E-state index in [-0.39, 0.29) is 11.0 Å². The predicted octanol–water partition coefficient (Wildman–Crippen LogP) is 5.57. The Labute approximate surface area is 141 Å². The number of hydrogen-bond acceptors (Lipinski definition) is 1. The summed E-state index contributed by atoms with van der Waals surface area (Å²) in [5.41, 5.74) is 4.61. The van der Waals surface area contributed by atoms with Gasteiger partial charge in [-0.1, -0.05) is 74.4 Å². The molecule has 0 spiro atoms. The smallest absolute Gasteiger partial charge is 0.0761 e. The Morgan fingerprint density at radius 3 is 2.43 bits per heavy atom. The van der Waals surface area contributed by atoms with Gasteiger partial charge in [0.2, 0.25) is 0 Å². The van der Waals surface area contributed by atoms with Crippen LogP contribution in [0.1, 0.15) is 46.1 Å². The summed E-state index contributed by atoms with van der Waals surface area (Å²) in [4.78, 5) is 0. The Morgan fingerprint density at radius 1 is 1.17 bits per heavy atom. The van der Waals surface area contributed by atoms with Crippen LogP contribution in [0.4, 0.5) is 0 Å². The molecule has 1 nitrogen and oxygen atoms in total. The van der Waals surface area contributed by atoms with E-state index in [0.29, 0.717) is 11.8 Å². The fourth-order valence-corrected chi connectivity index (χ4v) is 4.60. The van der Waals surface area contributed by atoms with Gasteiger partial charge in [-0.2, -0.15) is 0 Å². The molecule has 0 aliphatic heterocycles. The first-order valence-corrected chi connectivity index (χ1v) is 8.88. The van der Waals surface area contributed by atoms with Gasteiger partial charge in [0.25, 0.3) is 0 Å². The normalized spacial score (nSPS) is 32.9. The lowest BCUT2D eigenvalue weighted by Crippen LogP contribution is -2.49. The van der Waals surface area contributed by atoms with Crippen molar-refractivity contribution < 1.29 is 4.74 Å². The van der Waals surface area contributed by atoms with Gasteiger partial charge in [-0.05, 0) is 37.7 Å². The predicted molar refractivity (Wildman–Crippen MR) is 97.4 cm³/mol. The Balaban J connectivity index is 1.95. The lowest BCUT2D eigenvalue weighted by molar-refractivity contribution is -0.0566.